The number of rotatable bonds is 10. The quantitative estimate of drug-likeness (QED) is 0.594. The van der Waals surface area contributed by atoms with Gasteiger partial charge in [-0.2, -0.15) is 0 Å². The summed E-state index contributed by atoms with van der Waals surface area (Å²) in [4.78, 5) is 30.0. The molecule has 1 atom stereocenters. The van der Waals surface area contributed by atoms with Gasteiger partial charge in [0.05, 0.1) is 6.04 Å². The molecule has 1 heterocycles. The van der Waals surface area contributed by atoms with Gasteiger partial charge in [0.1, 0.15) is 0 Å². The van der Waals surface area contributed by atoms with E-state index in [0.717, 1.165) is 51.1 Å². The summed E-state index contributed by atoms with van der Waals surface area (Å²) in [5.41, 5.74) is 3.03. The summed E-state index contributed by atoms with van der Waals surface area (Å²) in [5, 5.41) is 3.18. The predicted octanol–water partition coefficient (Wildman–Crippen LogP) is 3.71. The summed E-state index contributed by atoms with van der Waals surface area (Å²) < 4.78 is 0. The Hall–Kier alpha value is -2.50. The van der Waals surface area contributed by atoms with Crippen molar-refractivity contribution in [1.82, 2.24) is 15.1 Å². The third kappa shape index (κ3) is 7.30. The van der Waals surface area contributed by atoms with Crippen LogP contribution in [-0.2, 0) is 11.2 Å². The van der Waals surface area contributed by atoms with Crippen LogP contribution in [0.3, 0.4) is 0 Å². The van der Waals surface area contributed by atoms with Gasteiger partial charge < -0.3 is 10.2 Å². The van der Waals surface area contributed by atoms with E-state index in [1.807, 2.05) is 42.5 Å². The third-order valence-electron chi connectivity index (χ3n) is 5.97. The molecule has 3 rings (SSSR count). The number of hydrogen-bond donors (Lipinski definition) is 1. The zero-order valence-corrected chi connectivity index (χ0v) is 18.8. The number of carbonyl (C=O) groups excluding carboxylic acids is 2. The van der Waals surface area contributed by atoms with Gasteiger partial charge in [-0.05, 0) is 24.6 Å². The number of benzene rings is 2. The molecule has 2 aromatic rings. The zero-order chi connectivity index (χ0) is 22.1. The fourth-order valence-electron chi connectivity index (χ4n) is 3.99. The monoisotopic (exact) mass is 421 g/mol. The maximum atomic E-state index is 12.7. The van der Waals surface area contributed by atoms with E-state index in [1.54, 1.807) is 0 Å². The van der Waals surface area contributed by atoms with Gasteiger partial charge in [-0.1, -0.05) is 67.9 Å². The van der Waals surface area contributed by atoms with Gasteiger partial charge in [-0.3, -0.25) is 14.5 Å². The molecule has 1 unspecified atom stereocenters. The van der Waals surface area contributed by atoms with Crippen LogP contribution in [-0.4, -0.2) is 61.3 Å². The highest BCUT2D eigenvalue weighted by Gasteiger charge is 2.21. The number of amides is 1. The van der Waals surface area contributed by atoms with Gasteiger partial charge >= 0.3 is 0 Å². The van der Waals surface area contributed by atoms with Crippen LogP contribution < -0.4 is 5.32 Å². The number of likely N-dealkylation sites (N-methyl/N-ethyl adjacent to an activating group) is 1. The number of carbonyl (C=O) groups is 2. The Kier molecular flexibility index (Phi) is 8.80. The van der Waals surface area contributed by atoms with Crippen molar-refractivity contribution in [3.8, 4) is 0 Å². The van der Waals surface area contributed by atoms with Crippen molar-refractivity contribution in [2.45, 2.75) is 38.6 Å². The number of nitrogens with one attached hydrogen (secondary N) is 1. The first-order valence-corrected chi connectivity index (χ1v) is 11.4. The maximum absolute atomic E-state index is 12.7. The molecule has 1 N–H and O–H groups in total. The van der Waals surface area contributed by atoms with E-state index in [-0.39, 0.29) is 30.6 Å². The molecule has 0 saturated carbocycles. The Morgan fingerprint density at radius 3 is 2.26 bits per heavy atom. The van der Waals surface area contributed by atoms with Gasteiger partial charge in [0.25, 0.3) is 0 Å². The van der Waals surface area contributed by atoms with E-state index in [4.69, 9.17) is 0 Å². The van der Waals surface area contributed by atoms with Crippen molar-refractivity contribution in [3.63, 3.8) is 0 Å². The summed E-state index contributed by atoms with van der Waals surface area (Å²) in [6.45, 7) is 7.02. The Morgan fingerprint density at radius 1 is 0.935 bits per heavy atom. The molecule has 166 valence electrons. The lowest BCUT2D eigenvalue weighted by Crippen LogP contribution is -2.47. The highest BCUT2D eigenvalue weighted by molar-refractivity contribution is 5.98. The highest BCUT2D eigenvalue weighted by Crippen LogP contribution is 2.16. The smallest absolute Gasteiger partial charge is 0.220 e. The molecule has 5 nitrogen and oxygen atoms in total. The summed E-state index contributed by atoms with van der Waals surface area (Å²) in [7, 11) is 2.14. The van der Waals surface area contributed by atoms with Crippen molar-refractivity contribution in [1.29, 1.82) is 0 Å². The first kappa shape index (κ1) is 23.2. The minimum absolute atomic E-state index is 0.0218. The first-order chi connectivity index (χ1) is 15.0. The topological polar surface area (TPSA) is 52.7 Å². The molecule has 0 radical (unpaired) electrons. The molecular weight excluding hydrogens is 386 g/mol. The molecule has 0 bridgehead atoms. The minimum Gasteiger partial charge on any atom is -0.348 e. The molecule has 5 heteroatoms. The van der Waals surface area contributed by atoms with Gasteiger partial charge in [0.15, 0.2) is 5.78 Å². The number of aryl methyl sites for hydroxylation is 1. The van der Waals surface area contributed by atoms with Crippen LogP contribution in [0, 0.1) is 0 Å². The molecule has 1 aliphatic rings. The van der Waals surface area contributed by atoms with Crippen molar-refractivity contribution in [2.75, 3.05) is 39.8 Å². The second kappa shape index (κ2) is 11.8. The fourth-order valence-corrected chi connectivity index (χ4v) is 3.99. The fraction of sp³-hybridized carbons (Fsp3) is 0.462. The van der Waals surface area contributed by atoms with E-state index in [2.05, 4.69) is 41.2 Å². The van der Waals surface area contributed by atoms with Crippen molar-refractivity contribution < 1.29 is 9.59 Å². The zero-order valence-electron chi connectivity index (χ0n) is 18.8. The number of piperazine rings is 1. The molecule has 1 fully saturated rings. The molecule has 1 amide bonds. The van der Waals surface area contributed by atoms with Crippen LogP contribution in [0.25, 0.3) is 0 Å². The van der Waals surface area contributed by atoms with Crippen LogP contribution in [0.1, 0.15) is 53.7 Å². The van der Waals surface area contributed by atoms with Crippen LogP contribution in [0.5, 0.6) is 0 Å². The predicted molar refractivity (Wildman–Crippen MR) is 125 cm³/mol. The molecule has 0 aliphatic carbocycles. The second-order valence-corrected chi connectivity index (χ2v) is 8.50. The van der Waals surface area contributed by atoms with Gasteiger partial charge in [0, 0.05) is 51.1 Å². The molecule has 1 aliphatic heterocycles. The minimum atomic E-state index is -0.0704. The summed E-state index contributed by atoms with van der Waals surface area (Å²) in [6.07, 6.45) is 2.55. The van der Waals surface area contributed by atoms with Crippen LogP contribution >= 0.6 is 0 Å². The molecule has 0 spiro atoms. The van der Waals surface area contributed by atoms with E-state index >= 15 is 0 Å². The van der Waals surface area contributed by atoms with E-state index in [0.29, 0.717) is 5.56 Å². The Labute approximate surface area is 186 Å². The largest absolute Gasteiger partial charge is 0.348 e. The van der Waals surface area contributed by atoms with E-state index < -0.39 is 0 Å². The lowest BCUT2D eigenvalue weighted by atomic mass is 10.0. The number of hydrogen-bond acceptors (Lipinski definition) is 4. The van der Waals surface area contributed by atoms with E-state index in [1.165, 1.54) is 5.56 Å². The van der Waals surface area contributed by atoms with Crippen LogP contribution in [0.15, 0.2) is 54.6 Å². The lowest BCUT2D eigenvalue weighted by molar-refractivity contribution is -0.122. The van der Waals surface area contributed by atoms with Crippen LogP contribution in [0.2, 0.25) is 0 Å². The average molecular weight is 422 g/mol. The average Bonchev–Trinajstić information content (AvgIpc) is 2.80. The number of nitrogens with zero attached hydrogens (tertiary/aromatic N) is 2. The number of ketones is 1. The normalized spacial score (nSPS) is 16.1. The lowest BCUT2D eigenvalue weighted by Gasteiger charge is -2.35. The summed E-state index contributed by atoms with van der Waals surface area (Å²) in [5.74, 6) is -0.0486. The highest BCUT2D eigenvalue weighted by atomic mass is 16.2. The first-order valence-electron chi connectivity index (χ1n) is 11.4. The van der Waals surface area contributed by atoms with Crippen LogP contribution in [0.4, 0.5) is 0 Å². The van der Waals surface area contributed by atoms with Crippen molar-refractivity contribution >= 4 is 11.7 Å². The Balaban J connectivity index is 1.55. The number of Topliss-reactive ketones (excluding diaryl/α,β-unsaturated/α-hetero) is 1. The standard InChI is InChI=1S/C26H35N3O2/c1-3-7-21-10-12-23(13-11-21)25(30)14-15-26(31)27-24(22-8-5-4-6-9-22)20-29-18-16-28(2)17-19-29/h4-6,8-13,24H,3,7,14-20H2,1-2H3,(H,27,31). The summed E-state index contributed by atoms with van der Waals surface area (Å²) >= 11 is 0. The Bertz CT molecular complexity index is 827. The SMILES string of the molecule is CCCc1ccc(C(=O)CCC(=O)NC(CN2CCN(C)CC2)c2ccccc2)cc1. The van der Waals surface area contributed by atoms with Crippen molar-refractivity contribution in [3.05, 3.63) is 71.3 Å². The molecular formula is C26H35N3O2. The Morgan fingerprint density at radius 2 is 1.61 bits per heavy atom. The van der Waals surface area contributed by atoms with Gasteiger partial charge in [-0.25, -0.2) is 0 Å². The van der Waals surface area contributed by atoms with Gasteiger partial charge in [0.2, 0.25) is 5.91 Å². The van der Waals surface area contributed by atoms with Gasteiger partial charge in [-0.15, -0.1) is 0 Å². The molecule has 2 aromatic carbocycles. The summed E-state index contributed by atoms with van der Waals surface area (Å²) in [6, 6.07) is 17.8. The van der Waals surface area contributed by atoms with Crippen molar-refractivity contribution in [2.24, 2.45) is 0 Å². The third-order valence-corrected chi connectivity index (χ3v) is 5.97. The molecule has 1 saturated heterocycles. The molecule has 31 heavy (non-hydrogen) atoms. The molecule has 0 aromatic heterocycles. The second-order valence-electron chi connectivity index (χ2n) is 8.50. The maximum Gasteiger partial charge on any atom is 0.220 e. The van der Waals surface area contributed by atoms with E-state index in [9.17, 15) is 9.59 Å².